The average molecular weight is 278 g/mol. The van der Waals surface area contributed by atoms with Crippen LogP contribution < -0.4 is 4.74 Å². The van der Waals surface area contributed by atoms with Crippen molar-refractivity contribution in [2.75, 3.05) is 20.3 Å². The molecule has 0 aliphatic heterocycles. The van der Waals surface area contributed by atoms with Crippen LogP contribution in [0.4, 0.5) is 13.2 Å². The van der Waals surface area contributed by atoms with Crippen LogP contribution in [0.25, 0.3) is 0 Å². The second-order valence-corrected chi connectivity index (χ2v) is 4.19. The Morgan fingerprint density at radius 2 is 2.00 bits per heavy atom. The largest absolute Gasteiger partial charge is 0.497 e. The molecule has 0 bridgehead atoms. The second-order valence-electron chi connectivity index (χ2n) is 4.19. The van der Waals surface area contributed by atoms with Crippen molar-refractivity contribution < 1.29 is 27.8 Å². The first-order valence-electron chi connectivity index (χ1n) is 5.80. The first kappa shape index (κ1) is 15.8. The smallest absolute Gasteiger partial charge is 0.411 e. The lowest BCUT2D eigenvalue weighted by atomic mass is 10.0. The van der Waals surface area contributed by atoms with Gasteiger partial charge in [0.1, 0.15) is 12.4 Å². The van der Waals surface area contributed by atoms with Gasteiger partial charge in [0.2, 0.25) is 0 Å². The molecule has 0 fully saturated rings. The van der Waals surface area contributed by atoms with E-state index in [1.807, 2.05) is 0 Å². The molecule has 19 heavy (non-hydrogen) atoms. The van der Waals surface area contributed by atoms with Gasteiger partial charge in [0.05, 0.1) is 13.2 Å². The Kier molecular flexibility index (Phi) is 5.62. The maximum absolute atomic E-state index is 11.8. The van der Waals surface area contributed by atoms with E-state index in [4.69, 9.17) is 4.74 Å². The van der Waals surface area contributed by atoms with Crippen LogP contribution in [0.15, 0.2) is 18.2 Å². The van der Waals surface area contributed by atoms with E-state index >= 15 is 0 Å². The van der Waals surface area contributed by atoms with Gasteiger partial charge in [-0.15, -0.1) is 0 Å². The molecule has 1 aromatic carbocycles. The molecule has 108 valence electrons. The molecule has 0 heterocycles. The zero-order chi connectivity index (χ0) is 14.5. The van der Waals surface area contributed by atoms with Gasteiger partial charge in [-0.25, -0.2) is 0 Å². The summed E-state index contributed by atoms with van der Waals surface area (Å²) < 4.78 is 45.0. The van der Waals surface area contributed by atoms with E-state index in [0.29, 0.717) is 11.3 Å². The fourth-order valence-corrected chi connectivity index (χ4v) is 1.69. The number of ether oxygens (including phenoxy) is 2. The monoisotopic (exact) mass is 278 g/mol. The first-order valence-corrected chi connectivity index (χ1v) is 5.80. The molecule has 0 amide bonds. The first-order chi connectivity index (χ1) is 8.83. The predicted octanol–water partition coefficient (Wildman–Crippen LogP) is 3.01. The van der Waals surface area contributed by atoms with E-state index in [1.165, 1.54) is 7.11 Å². The minimum atomic E-state index is -4.33. The zero-order valence-corrected chi connectivity index (χ0v) is 10.8. The van der Waals surface area contributed by atoms with Gasteiger partial charge in [-0.1, -0.05) is 6.07 Å². The molecule has 0 spiro atoms. The van der Waals surface area contributed by atoms with Crippen LogP contribution in [-0.2, 0) is 4.74 Å². The molecule has 0 aliphatic rings. The fraction of sp³-hybridized carbons (Fsp3) is 0.538. The molecule has 1 unspecified atom stereocenters. The normalized spacial score (nSPS) is 13.4. The van der Waals surface area contributed by atoms with Gasteiger partial charge in [-0.3, -0.25) is 0 Å². The second kappa shape index (κ2) is 6.77. The Morgan fingerprint density at radius 3 is 2.53 bits per heavy atom. The maximum atomic E-state index is 11.8. The molecule has 1 aromatic rings. The van der Waals surface area contributed by atoms with Crippen molar-refractivity contribution in [2.45, 2.75) is 25.6 Å². The lowest BCUT2D eigenvalue weighted by molar-refractivity contribution is -0.175. The summed E-state index contributed by atoms with van der Waals surface area (Å²) in [5, 5.41) is 9.89. The standard InChI is InChI=1S/C13H17F3O3/c1-9-7-10(18-2)3-4-11(9)12(17)5-6-19-8-13(14,15)16/h3-4,7,12,17H,5-6,8H2,1-2H3. The number of benzene rings is 1. The number of aliphatic hydroxyl groups excluding tert-OH is 1. The van der Waals surface area contributed by atoms with Gasteiger partial charge in [-0.2, -0.15) is 13.2 Å². The number of alkyl halides is 3. The molecule has 0 aliphatic carbocycles. The van der Waals surface area contributed by atoms with Crippen molar-refractivity contribution in [1.29, 1.82) is 0 Å². The minimum absolute atomic E-state index is 0.114. The molecule has 0 saturated carbocycles. The highest BCUT2D eigenvalue weighted by Gasteiger charge is 2.27. The Hall–Kier alpha value is -1.27. The van der Waals surface area contributed by atoms with E-state index in [0.717, 1.165) is 5.56 Å². The Labute approximate surface area is 110 Å². The molecule has 0 radical (unpaired) electrons. The summed E-state index contributed by atoms with van der Waals surface area (Å²) in [6.07, 6.45) is -5.07. The molecular weight excluding hydrogens is 261 g/mol. The van der Waals surface area contributed by atoms with Crippen molar-refractivity contribution in [3.63, 3.8) is 0 Å². The van der Waals surface area contributed by atoms with Crippen LogP contribution in [-0.4, -0.2) is 31.6 Å². The molecule has 1 N–H and O–H groups in total. The van der Waals surface area contributed by atoms with Crippen molar-refractivity contribution in [3.05, 3.63) is 29.3 Å². The van der Waals surface area contributed by atoms with Gasteiger partial charge < -0.3 is 14.6 Å². The SMILES string of the molecule is COc1ccc(C(O)CCOCC(F)(F)F)c(C)c1. The lowest BCUT2D eigenvalue weighted by Gasteiger charge is -2.15. The summed E-state index contributed by atoms with van der Waals surface area (Å²) in [7, 11) is 1.54. The van der Waals surface area contributed by atoms with E-state index in [1.54, 1.807) is 25.1 Å². The van der Waals surface area contributed by atoms with Gasteiger partial charge >= 0.3 is 6.18 Å². The van der Waals surface area contributed by atoms with E-state index in [-0.39, 0.29) is 13.0 Å². The number of hydrogen-bond acceptors (Lipinski definition) is 3. The van der Waals surface area contributed by atoms with Crippen LogP contribution in [0.1, 0.15) is 23.7 Å². The van der Waals surface area contributed by atoms with Gasteiger partial charge in [-0.05, 0) is 30.2 Å². The van der Waals surface area contributed by atoms with Crippen molar-refractivity contribution in [1.82, 2.24) is 0 Å². The number of methoxy groups -OCH3 is 1. The van der Waals surface area contributed by atoms with Crippen LogP contribution in [0.5, 0.6) is 5.75 Å². The van der Waals surface area contributed by atoms with Crippen molar-refractivity contribution >= 4 is 0 Å². The minimum Gasteiger partial charge on any atom is -0.497 e. The third kappa shape index (κ3) is 5.48. The molecule has 3 nitrogen and oxygen atoms in total. The number of hydrogen-bond donors (Lipinski definition) is 1. The summed E-state index contributed by atoms with van der Waals surface area (Å²) in [6.45, 7) is 0.366. The summed E-state index contributed by atoms with van der Waals surface area (Å²) in [5.41, 5.74) is 1.49. The highest BCUT2D eigenvalue weighted by Crippen LogP contribution is 2.24. The predicted molar refractivity (Wildman–Crippen MR) is 64.2 cm³/mol. The Balaban J connectivity index is 2.47. The third-order valence-corrected chi connectivity index (χ3v) is 2.64. The summed E-state index contributed by atoms with van der Waals surface area (Å²) in [6, 6.07) is 5.15. The van der Waals surface area contributed by atoms with Crippen LogP contribution in [0.3, 0.4) is 0 Å². The molecule has 1 atom stereocenters. The van der Waals surface area contributed by atoms with Gasteiger partial charge in [0, 0.05) is 13.0 Å². The zero-order valence-electron chi connectivity index (χ0n) is 10.8. The number of rotatable bonds is 6. The number of aryl methyl sites for hydroxylation is 1. The highest BCUT2D eigenvalue weighted by atomic mass is 19.4. The van der Waals surface area contributed by atoms with E-state index in [2.05, 4.69) is 4.74 Å². The van der Waals surface area contributed by atoms with Crippen molar-refractivity contribution in [3.8, 4) is 5.75 Å². The molecule has 0 saturated heterocycles. The summed E-state index contributed by atoms with van der Waals surface area (Å²) in [4.78, 5) is 0. The maximum Gasteiger partial charge on any atom is 0.411 e. The quantitative estimate of drug-likeness (QED) is 0.813. The van der Waals surface area contributed by atoms with Crippen LogP contribution in [0, 0.1) is 6.92 Å². The van der Waals surface area contributed by atoms with Crippen LogP contribution >= 0.6 is 0 Å². The van der Waals surface area contributed by atoms with E-state index < -0.39 is 18.9 Å². The Bertz CT molecular complexity index is 405. The van der Waals surface area contributed by atoms with E-state index in [9.17, 15) is 18.3 Å². The average Bonchev–Trinajstić information content (AvgIpc) is 2.33. The molecule has 1 rings (SSSR count). The molecule has 6 heteroatoms. The topological polar surface area (TPSA) is 38.7 Å². The number of halogens is 3. The summed E-state index contributed by atoms with van der Waals surface area (Å²) in [5.74, 6) is 0.668. The van der Waals surface area contributed by atoms with Crippen LogP contribution in [0.2, 0.25) is 0 Å². The highest BCUT2D eigenvalue weighted by molar-refractivity contribution is 5.35. The Morgan fingerprint density at radius 1 is 1.32 bits per heavy atom. The lowest BCUT2D eigenvalue weighted by Crippen LogP contribution is -2.18. The van der Waals surface area contributed by atoms with Gasteiger partial charge in [0.15, 0.2) is 0 Å². The molecular formula is C13H17F3O3. The van der Waals surface area contributed by atoms with Crippen molar-refractivity contribution in [2.24, 2.45) is 0 Å². The third-order valence-electron chi connectivity index (χ3n) is 2.64. The summed E-state index contributed by atoms with van der Waals surface area (Å²) >= 11 is 0. The van der Waals surface area contributed by atoms with Gasteiger partial charge in [0.25, 0.3) is 0 Å². The number of aliphatic hydroxyl groups is 1. The fourth-order valence-electron chi connectivity index (χ4n) is 1.69. The molecule has 0 aromatic heterocycles.